The number of allylic oxidation sites excluding steroid dienone is 1. The fourth-order valence-electron chi connectivity index (χ4n) is 4.27. The summed E-state index contributed by atoms with van der Waals surface area (Å²) in [5.74, 6) is -0.196. The Balaban J connectivity index is 1.93. The number of benzene rings is 2. The summed E-state index contributed by atoms with van der Waals surface area (Å²) in [5, 5.41) is 25.3. The summed E-state index contributed by atoms with van der Waals surface area (Å²) in [6.45, 7) is 5.66. The molecule has 0 bridgehead atoms. The predicted octanol–water partition coefficient (Wildman–Crippen LogP) is 5.67. The molecule has 0 spiro atoms. The van der Waals surface area contributed by atoms with Gasteiger partial charge in [-0.25, -0.2) is 0 Å². The van der Waals surface area contributed by atoms with E-state index < -0.39 is 11.5 Å². The number of aliphatic hydroxyl groups excluding tert-OH is 2. The van der Waals surface area contributed by atoms with Crippen LogP contribution < -0.4 is 5.32 Å². The Labute approximate surface area is 200 Å². The van der Waals surface area contributed by atoms with Crippen molar-refractivity contribution < 1.29 is 15.0 Å². The Morgan fingerprint density at radius 1 is 1.19 bits per heavy atom. The number of hydrogen-bond donors (Lipinski definition) is 3. The monoisotopic (exact) mass is 475 g/mol. The highest BCUT2D eigenvalue weighted by Gasteiger charge is 2.40. The lowest BCUT2D eigenvalue weighted by Crippen LogP contribution is -2.47. The zero-order valence-corrected chi connectivity index (χ0v) is 19.8. The largest absolute Gasteiger partial charge is 0.394 e. The van der Waals surface area contributed by atoms with Gasteiger partial charge in [0.05, 0.1) is 24.2 Å². The molecule has 0 radical (unpaired) electrons. The van der Waals surface area contributed by atoms with Gasteiger partial charge >= 0.3 is 0 Å². The normalized spacial score (nSPS) is 18.3. The van der Waals surface area contributed by atoms with E-state index in [9.17, 15) is 15.0 Å². The number of hydrogen-bond acceptors (Lipinski definition) is 3. The Hall–Kier alpha value is -1.85. The zero-order chi connectivity index (χ0) is 23.3. The van der Waals surface area contributed by atoms with E-state index in [-0.39, 0.29) is 24.5 Å². The smallest absolute Gasteiger partial charge is 0.226 e. The lowest BCUT2D eigenvalue weighted by atomic mass is 9.72. The highest BCUT2D eigenvalue weighted by atomic mass is 35.5. The van der Waals surface area contributed by atoms with E-state index in [4.69, 9.17) is 23.2 Å². The topological polar surface area (TPSA) is 69.6 Å². The van der Waals surface area contributed by atoms with Gasteiger partial charge in [-0.3, -0.25) is 4.79 Å². The minimum atomic E-state index is -0.861. The van der Waals surface area contributed by atoms with Gasteiger partial charge in [0.15, 0.2) is 0 Å². The summed E-state index contributed by atoms with van der Waals surface area (Å²) >= 11 is 12.3. The van der Waals surface area contributed by atoms with Crippen LogP contribution in [0.15, 0.2) is 61.2 Å². The van der Waals surface area contributed by atoms with E-state index in [0.717, 1.165) is 18.4 Å². The van der Waals surface area contributed by atoms with Crippen LogP contribution in [0.25, 0.3) is 0 Å². The third kappa shape index (κ3) is 6.14. The van der Waals surface area contributed by atoms with Crippen LogP contribution in [0, 0.1) is 11.3 Å². The van der Waals surface area contributed by atoms with Crippen molar-refractivity contribution in [2.45, 2.75) is 50.7 Å². The molecular weight excluding hydrogens is 445 g/mol. The quantitative estimate of drug-likeness (QED) is 0.366. The molecule has 0 heterocycles. The first kappa shape index (κ1) is 24.8. The van der Waals surface area contributed by atoms with Gasteiger partial charge in [0.2, 0.25) is 5.91 Å². The fourth-order valence-corrected chi connectivity index (χ4v) is 4.59. The molecule has 0 aliphatic heterocycles. The van der Waals surface area contributed by atoms with E-state index in [1.54, 1.807) is 36.4 Å². The minimum absolute atomic E-state index is 0.0777. The van der Waals surface area contributed by atoms with Crippen molar-refractivity contribution in [1.82, 2.24) is 5.32 Å². The molecule has 172 valence electrons. The number of carbonyl (C=O) groups is 1. The van der Waals surface area contributed by atoms with Gasteiger partial charge in [-0.05, 0) is 67.0 Å². The van der Waals surface area contributed by atoms with Gasteiger partial charge in [0, 0.05) is 16.0 Å². The Kier molecular flexibility index (Phi) is 8.40. The molecule has 4 unspecified atom stereocenters. The van der Waals surface area contributed by atoms with Crippen molar-refractivity contribution in [1.29, 1.82) is 0 Å². The van der Waals surface area contributed by atoms with Crippen molar-refractivity contribution in [2.24, 2.45) is 11.3 Å². The van der Waals surface area contributed by atoms with E-state index >= 15 is 0 Å². The predicted molar refractivity (Wildman–Crippen MR) is 130 cm³/mol. The molecule has 1 saturated carbocycles. The second kappa shape index (κ2) is 10.8. The molecule has 1 aliphatic rings. The summed E-state index contributed by atoms with van der Waals surface area (Å²) in [7, 11) is 0. The second-order valence-corrected chi connectivity index (χ2v) is 9.89. The van der Waals surface area contributed by atoms with Gasteiger partial charge in [-0.15, -0.1) is 6.58 Å². The third-order valence-electron chi connectivity index (χ3n) is 6.39. The van der Waals surface area contributed by atoms with Crippen LogP contribution in [0.1, 0.15) is 55.8 Å². The molecule has 1 amide bonds. The van der Waals surface area contributed by atoms with E-state index in [0.29, 0.717) is 34.4 Å². The highest BCUT2D eigenvalue weighted by molar-refractivity contribution is 6.30. The molecule has 3 N–H and O–H groups in total. The molecule has 4 nitrogen and oxygen atoms in total. The van der Waals surface area contributed by atoms with Crippen LogP contribution in [0.2, 0.25) is 10.0 Å². The maximum Gasteiger partial charge on any atom is 0.226 e. The average molecular weight is 476 g/mol. The zero-order valence-electron chi connectivity index (χ0n) is 18.3. The van der Waals surface area contributed by atoms with Gasteiger partial charge in [0.1, 0.15) is 0 Å². The van der Waals surface area contributed by atoms with Crippen LogP contribution in [0.4, 0.5) is 0 Å². The van der Waals surface area contributed by atoms with Crippen LogP contribution in [0.5, 0.6) is 0 Å². The summed E-state index contributed by atoms with van der Waals surface area (Å²) in [5.41, 5.74) is 0.737. The summed E-state index contributed by atoms with van der Waals surface area (Å²) in [4.78, 5) is 13.4. The maximum atomic E-state index is 13.4. The Morgan fingerprint density at radius 2 is 1.88 bits per heavy atom. The highest BCUT2D eigenvalue weighted by Crippen LogP contribution is 2.43. The molecule has 0 saturated heterocycles. The van der Waals surface area contributed by atoms with E-state index in [1.807, 2.05) is 25.1 Å². The summed E-state index contributed by atoms with van der Waals surface area (Å²) in [6.07, 6.45) is 3.71. The number of carbonyl (C=O) groups excluding carboxylic acids is 1. The maximum absolute atomic E-state index is 13.4. The van der Waals surface area contributed by atoms with Crippen LogP contribution in [0.3, 0.4) is 0 Å². The molecule has 1 fully saturated rings. The number of nitrogens with one attached hydrogen (secondary N) is 1. The average Bonchev–Trinajstić information content (AvgIpc) is 3.61. The van der Waals surface area contributed by atoms with E-state index in [2.05, 4.69) is 11.9 Å². The minimum Gasteiger partial charge on any atom is -0.394 e. The van der Waals surface area contributed by atoms with E-state index in [1.165, 1.54) is 0 Å². The molecule has 6 heteroatoms. The van der Waals surface area contributed by atoms with Gasteiger partial charge in [0.25, 0.3) is 0 Å². The number of halogens is 2. The Morgan fingerprint density at radius 3 is 2.44 bits per heavy atom. The lowest BCUT2D eigenvalue weighted by Gasteiger charge is -2.35. The number of rotatable bonds is 11. The molecule has 4 atom stereocenters. The molecule has 2 aromatic carbocycles. The van der Waals surface area contributed by atoms with Crippen molar-refractivity contribution in [3.05, 3.63) is 82.4 Å². The second-order valence-electron chi connectivity index (χ2n) is 9.02. The van der Waals surface area contributed by atoms with Crippen LogP contribution in [-0.4, -0.2) is 28.8 Å². The van der Waals surface area contributed by atoms with Crippen LogP contribution >= 0.6 is 23.2 Å². The van der Waals surface area contributed by atoms with Crippen molar-refractivity contribution in [2.75, 3.05) is 6.61 Å². The first-order valence-corrected chi connectivity index (χ1v) is 11.7. The fraction of sp³-hybridized carbons (Fsp3) is 0.423. The molecule has 2 aromatic rings. The molecule has 3 rings (SSSR count). The van der Waals surface area contributed by atoms with Crippen molar-refractivity contribution in [3.8, 4) is 0 Å². The first-order valence-electron chi connectivity index (χ1n) is 11.0. The summed E-state index contributed by atoms with van der Waals surface area (Å²) < 4.78 is 0. The van der Waals surface area contributed by atoms with Crippen LogP contribution in [-0.2, 0) is 4.79 Å². The standard InChI is InChI=1S/C26H31Cl2NO3/c1-3-13-26(2,25(32)29-23(16-30)17-7-8-17)15-22(19-5-4-6-21(28)14-19)24(31)18-9-11-20(27)12-10-18/h3-6,9-12,14,17,22-24,30-31H,1,7-8,13,15-16H2,2H3,(H,29,32). The van der Waals surface area contributed by atoms with Gasteiger partial charge < -0.3 is 15.5 Å². The van der Waals surface area contributed by atoms with Gasteiger partial charge in [-0.2, -0.15) is 0 Å². The summed E-state index contributed by atoms with van der Waals surface area (Å²) in [6, 6.07) is 14.2. The van der Waals surface area contributed by atoms with Crippen molar-refractivity contribution in [3.63, 3.8) is 0 Å². The first-order chi connectivity index (χ1) is 15.3. The molecular formula is C26H31Cl2NO3. The molecule has 32 heavy (non-hydrogen) atoms. The molecule has 1 aliphatic carbocycles. The lowest BCUT2D eigenvalue weighted by molar-refractivity contribution is -0.132. The Bertz CT molecular complexity index is 929. The third-order valence-corrected chi connectivity index (χ3v) is 6.87. The number of amides is 1. The number of aliphatic hydroxyl groups is 2. The SMILES string of the molecule is C=CCC(C)(CC(c1cccc(Cl)c1)C(O)c1ccc(Cl)cc1)C(=O)NC(CO)C1CC1. The van der Waals surface area contributed by atoms with Gasteiger partial charge in [-0.1, -0.05) is 60.5 Å². The van der Waals surface area contributed by atoms with Crippen molar-refractivity contribution >= 4 is 29.1 Å². The molecule has 0 aromatic heterocycles.